The van der Waals surface area contributed by atoms with Crippen molar-refractivity contribution < 1.29 is 4.74 Å². The van der Waals surface area contributed by atoms with Gasteiger partial charge in [-0.25, -0.2) is 0 Å². The van der Waals surface area contributed by atoms with Crippen LogP contribution in [0.3, 0.4) is 0 Å². The van der Waals surface area contributed by atoms with Crippen LogP contribution in [0.15, 0.2) is 36.5 Å². The topological polar surface area (TPSA) is 64.3 Å². The Kier molecular flexibility index (Phi) is 4.31. The van der Waals surface area contributed by atoms with Gasteiger partial charge in [0.2, 0.25) is 5.88 Å². The van der Waals surface area contributed by atoms with Gasteiger partial charge in [0, 0.05) is 13.2 Å². The average molecular weight is 286 g/mol. The number of hydrogen-bond donors (Lipinski definition) is 1. The molecule has 0 aliphatic rings. The zero-order chi connectivity index (χ0) is 15.5. The van der Waals surface area contributed by atoms with Gasteiger partial charge in [0.05, 0.1) is 17.9 Å². The summed E-state index contributed by atoms with van der Waals surface area (Å²) in [4.78, 5) is 10.8. The van der Waals surface area contributed by atoms with Crippen LogP contribution in [0.25, 0.3) is 0 Å². The Morgan fingerprint density at radius 3 is 2.57 bits per heavy atom. The van der Waals surface area contributed by atoms with E-state index in [1.807, 2.05) is 63.1 Å². The Bertz CT molecular complexity index is 593. The van der Waals surface area contributed by atoms with Crippen LogP contribution in [0.1, 0.15) is 26.5 Å². The lowest BCUT2D eigenvalue weighted by atomic mass is 10.2. The molecule has 5 nitrogen and oxygen atoms in total. The van der Waals surface area contributed by atoms with Crippen LogP contribution in [0, 0.1) is 0 Å². The minimum atomic E-state index is -0.334. The van der Waals surface area contributed by atoms with Gasteiger partial charge >= 0.3 is 0 Å². The van der Waals surface area contributed by atoms with Crippen LogP contribution in [0.4, 0.5) is 11.5 Å². The number of nitrogen functional groups attached to an aromatic ring is 1. The van der Waals surface area contributed by atoms with Gasteiger partial charge in [0.25, 0.3) is 0 Å². The van der Waals surface area contributed by atoms with E-state index in [2.05, 4.69) is 9.97 Å². The summed E-state index contributed by atoms with van der Waals surface area (Å²) in [5.74, 6) is 1.27. The Hall–Kier alpha value is -2.30. The third-order valence-electron chi connectivity index (χ3n) is 2.79. The number of ether oxygens (including phenoxy) is 1. The molecule has 21 heavy (non-hydrogen) atoms. The maximum absolute atomic E-state index is 5.93. The number of anilines is 2. The van der Waals surface area contributed by atoms with Crippen molar-refractivity contribution in [3.05, 3.63) is 42.2 Å². The molecule has 2 aromatic heterocycles. The fraction of sp³-hybridized carbons (Fsp3) is 0.375. The quantitative estimate of drug-likeness (QED) is 0.936. The van der Waals surface area contributed by atoms with Gasteiger partial charge in [-0.05, 0) is 45.0 Å². The zero-order valence-electron chi connectivity index (χ0n) is 13.0. The molecule has 0 saturated heterocycles. The van der Waals surface area contributed by atoms with Crippen LogP contribution in [0.2, 0.25) is 0 Å². The predicted molar refractivity (Wildman–Crippen MR) is 85.4 cm³/mol. The molecule has 112 valence electrons. The molecule has 0 aliphatic heterocycles. The van der Waals surface area contributed by atoms with Crippen molar-refractivity contribution >= 4 is 11.5 Å². The van der Waals surface area contributed by atoms with Crippen LogP contribution in [-0.2, 0) is 6.54 Å². The SMILES string of the molecule is CN(Cc1ccccn1)c1ccc(N)c(OC(C)(C)C)n1. The molecule has 2 N–H and O–H groups in total. The van der Waals surface area contributed by atoms with E-state index >= 15 is 0 Å². The summed E-state index contributed by atoms with van der Waals surface area (Å²) in [7, 11) is 1.97. The van der Waals surface area contributed by atoms with E-state index in [1.165, 1.54) is 0 Å². The van der Waals surface area contributed by atoms with Crippen LogP contribution in [-0.4, -0.2) is 22.6 Å². The van der Waals surface area contributed by atoms with Gasteiger partial charge in [-0.3, -0.25) is 4.98 Å². The molecule has 0 radical (unpaired) electrons. The lowest BCUT2D eigenvalue weighted by Gasteiger charge is -2.23. The van der Waals surface area contributed by atoms with E-state index in [0.29, 0.717) is 18.1 Å². The summed E-state index contributed by atoms with van der Waals surface area (Å²) < 4.78 is 5.80. The van der Waals surface area contributed by atoms with E-state index < -0.39 is 0 Å². The number of hydrogen-bond acceptors (Lipinski definition) is 5. The molecule has 0 spiro atoms. The van der Waals surface area contributed by atoms with Crippen molar-refractivity contribution in [1.29, 1.82) is 0 Å². The van der Waals surface area contributed by atoms with Gasteiger partial charge in [-0.2, -0.15) is 4.98 Å². The third-order valence-corrected chi connectivity index (χ3v) is 2.79. The molecule has 0 aliphatic carbocycles. The van der Waals surface area contributed by atoms with Gasteiger partial charge in [0.15, 0.2) is 0 Å². The highest BCUT2D eigenvalue weighted by Gasteiger charge is 2.16. The Labute approximate surface area is 125 Å². The first-order chi connectivity index (χ1) is 9.85. The van der Waals surface area contributed by atoms with E-state index in [-0.39, 0.29) is 5.60 Å². The zero-order valence-corrected chi connectivity index (χ0v) is 13.0. The molecule has 2 aromatic rings. The van der Waals surface area contributed by atoms with E-state index in [9.17, 15) is 0 Å². The smallest absolute Gasteiger partial charge is 0.239 e. The molecule has 2 rings (SSSR count). The van der Waals surface area contributed by atoms with E-state index in [4.69, 9.17) is 10.5 Å². The largest absolute Gasteiger partial charge is 0.470 e. The lowest BCUT2D eigenvalue weighted by Crippen LogP contribution is -2.25. The minimum Gasteiger partial charge on any atom is -0.470 e. The lowest BCUT2D eigenvalue weighted by molar-refractivity contribution is 0.125. The summed E-state index contributed by atoms with van der Waals surface area (Å²) in [6, 6.07) is 9.56. The molecule has 2 heterocycles. The first-order valence-electron chi connectivity index (χ1n) is 6.92. The highest BCUT2D eigenvalue weighted by molar-refractivity contribution is 5.54. The maximum Gasteiger partial charge on any atom is 0.239 e. The van der Waals surface area contributed by atoms with E-state index in [1.54, 1.807) is 6.20 Å². The molecule has 0 fully saturated rings. The summed E-state index contributed by atoms with van der Waals surface area (Å²) in [5, 5.41) is 0. The summed E-state index contributed by atoms with van der Waals surface area (Å²) in [6.45, 7) is 6.59. The van der Waals surface area contributed by atoms with Gasteiger partial charge < -0.3 is 15.4 Å². The normalized spacial score (nSPS) is 11.2. The van der Waals surface area contributed by atoms with Crippen molar-refractivity contribution in [1.82, 2.24) is 9.97 Å². The number of nitrogens with zero attached hydrogens (tertiary/aromatic N) is 3. The summed E-state index contributed by atoms with van der Waals surface area (Å²) >= 11 is 0. The Morgan fingerprint density at radius 1 is 1.19 bits per heavy atom. The second-order valence-electron chi connectivity index (χ2n) is 5.96. The molecule has 0 amide bonds. The summed E-state index contributed by atoms with van der Waals surface area (Å²) in [6.07, 6.45) is 1.79. The molecule has 0 aromatic carbocycles. The number of nitrogens with two attached hydrogens (primary N) is 1. The molecular weight excluding hydrogens is 264 g/mol. The average Bonchev–Trinajstić information content (AvgIpc) is 2.41. The van der Waals surface area contributed by atoms with Crippen molar-refractivity contribution in [3.63, 3.8) is 0 Å². The second-order valence-corrected chi connectivity index (χ2v) is 5.96. The molecule has 0 saturated carbocycles. The fourth-order valence-electron chi connectivity index (χ4n) is 1.84. The number of pyridine rings is 2. The van der Waals surface area contributed by atoms with Gasteiger partial charge in [-0.1, -0.05) is 6.07 Å². The molecule has 0 atom stereocenters. The van der Waals surface area contributed by atoms with Crippen molar-refractivity contribution in [2.75, 3.05) is 17.7 Å². The van der Waals surface area contributed by atoms with Crippen molar-refractivity contribution in [3.8, 4) is 5.88 Å². The number of aromatic nitrogens is 2. The maximum atomic E-state index is 5.93. The molecule has 5 heteroatoms. The first-order valence-corrected chi connectivity index (χ1v) is 6.92. The Balaban J connectivity index is 2.18. The number of rotatable bonds is 4. The Morgan fingerprint density at radius 2 is 1.95 bits per heavy atom. The first kappa shape index (κ1) is 15.1. The summed E-state index contributed by atoms with van der Waals surface area (Å²) in [5.41, 5.74) is 7.12. The monoisotopic (exact) mass is 286 g/mol. The van der Waals surface area contributed by atoms with Crippen molar-refractivity contribution in [2.45, 2.75) is 32.9 Å². The third kappa shape index (κ3) is 4.34. The van der Waals surface area contributed by atoms with Crippen LogP contribution in [0.5, 0.6) is 5.88 Å². The second kappa shape index (κ2) is 5.99. The molecule has 0 bridgehead atoms. The van der Waals surface area contributed by atoms with Crippen LogP contribution < -0.4 is 15.4 Å². The minimum absolute atomic E-state index is 0.334. The van der Waals surface area contributed by atoms with Crippen LogP contribution >= 0.6 is 0 Å². The van der Waals surface area contributed by atoms with Crippen molar-refractivity contribution in [2.24, 2.45) is 0 Å². The highest BCUT2D eigenvalue weighted by atomic mass is 16.5. The fourth-order valence-corrected chi connectivity index (χ4v) is 1.84. The highest BCUT2D eigenvalue weighted by Crippen LogP contribution is 2.26. The molecular formula is C16H22N4O. The van der Waals surface area contributed by atoms with Gasteiger partial charge in [0.1, 0.15) is 11.4 Å². The standard InChI is InChI=1S/C16H22N4O/c1-16(2,3)21-15-13(17)8-9-14(19-15)20(4)11-12-7-5-6-10-18-12/h5-10H,11,17H2,1-4H3. The van der Waals surface area contributed by atoms with Gasteiger partial charge in [-0.15, -0.1) is 0 Å². The van der Waals surface area contributed by atoms with E-state index in [0.717, 1.165) is 11.5 Å². The predicted octanol–water partition coefficient (Wildman–Crippen LogP) is 2.87. The molecule has 0 unspecified atom stereocenters.